The molecule has 3 heterocycles. The second-order valence-electron chi connectivity index (χ2n) is 8.87. The van der Waals surface area contributed by atoms with E-state index in [0.717, 1.165) is 31.2 Å². The molecule has 0 spiro atoms. The number of H-pyrrole nitrogens is 1. The Hall–Kier alpha value is -2.29. The highest BCUT2D eigenvalue weighted by Crippen LogP contribution is 2.35. The largest absolute Gasteiger partial charge is 0.358 e. The van der Waals surface area contributed by atoms with Gasteiger partial charge in [-0.05, 0) is 60.9 Å². The van der Waals surface area contributed by atoms with Gasteiger partial charge in [0.2, 0.25) is 0 Å². The van der Waals surface area contributed by atoms with Crippen molar-refractivity contribution in [3.05, 3.63) is 58.4 Å². The molecule has 1 saturated carbocycles. The minimum atomic E-state index is 0.881. The fourth-order valence-corrected chi connectivity index (χ4v) is 5.37. The van der Waals surface area contributed by atoms with Gasteiger partial charge in [0, 0.05) is 30.4 Å². The van der Waals surface area contributed by atoms with E-state index in [1.165, 1.54) is 60.7 Å². The molecule has 2 aromatic heterocycles. The van der Waals surface area contributed by atoms with E-state index < -0.39 is 0 Å². The van der Waals surface area contributed by atoms with Crippen molar-refractivity contribution in [2.75, 3.05) is 11.4 Å². The lowest BCUT2D eigenvalue weighted by Gasteiger charge is -2.33. The third-order valence-corrected chi connectivity index (χ3v) is 7.09. The van der Waals surface area contributed by atoms with Crippen molar-refractivity contribution in [1.29, 1.82) is 0 Å². The second kappa shape index (κ2) is 7.27. The van der Waals surface area contributed by atoms with Crippen LogP contribution in [0.3, 0.4) is 0 Å². The SMILES string of the molecule is Cc1[nH]c2ccnc(N3CCc4cccc(CC5CCCCC5)c4C3)c2c1C. The number of hydrogen-bond donors (Lipinski definition) is 1. The van der Waals surface area contributed by atoms with Crippen LogP contribution >= 0.6 is 0 Å². The zero-order valence-electron chi connectivity index (χ0n) is 17.2. The van der Waals surface area contributed by atoms with Gasteiger partial charge in [-0.1, -0.05) is 50.3 Å². The topological polar surface area (TPSA) is 31.9 Å². The molecule has 0 bridgehead atoms. The molecule has 1 aromatic carbocycles. The summed E-state index contributed by atoms with van der Waals surface area (Å²) in [7, 11) is 0. The maximum Gasteiger partial charge on any atom is 0.138 e. The van der Waals surface area contributed by atoms with Crippen LogP contribution in [-0.4, -0.2) is 16.5 Å². The molecular formula is C25H31N3. The number of rotatable bonds is 3. The standard InChI is InChI=1S/C25H31N3/c1-17-18(2)27-23-11-13-26-25(24(17)23)28-14-12-20-9-6-10-21(22(20)16-28)15-19-7-4-3-5-8-19/h6,9-11,13,19,27H,3-5,7-8,12,14-16H2,1-2H3. The quantitative estimate of drug-likeness (QED) is 0.623. The minimum absolute atomic E-state index is 0.881. The number of aromatic amines is 1. The molecule has 3 nitrogen and oxygen atoms in total. The van der Waals surface area contributed by atoms with Crippen molar-refractivity contribution in [3.8, 4) is 0 Å². The lowest BCUT2D eigenvalue weighted by atomic mass is 9.82. The number of anilines is 1. The Morgan fingerprint density at radius 1 is 1.11 bits per heavy atom. The average molecular weight is 374 g/mol. The first-order valence-corrected chi connectivity index (χ1v) is 11.0. The maximum absolute atomic E-state index is 4.83. The summed E-state index contributed by atoms with van der Waals surface area (Å²) in [6.45, 7) is 6.42. The number of fused-ring (bicyclic) bond motifs is 2. The Balaban J connectivity index is 1.48. The van der Waals surface area contributed by atoms with Gasteiger partial charge in [-0.25, -0.2) is 4.98 Å². The van der Waals surface area contributed by atoms with Crippen LogP contribution in [0.4, 0.5) is 5.82 Å². The van der Waals surface area contributed by atoms with Crippen molar-refractivity contribution in [3.63, 3.8) is 0 Å². The number of nitrogens with one attached hydrogen (secondary N) is 1. The van der Waals surface area contributed by atoms with Crippen LogP contribution in [0.1, 0.15) is 60.1 Å². The van der Waals surface area contributed by atoms with E-state index in [4.69, 9.17) is 4.98 Å². The van der Waals surface area contributed by atoms with Crippen LogP contribution in [0.2, 0.25) is 0 Å². The van der Waals surface area contributed by atoms with Gasteiger partial charge in [-0.3, -0.25) is 0 Å². The van der Waals surface area contributed by atoms with Gasteiger partial charge in [-0.2, -0.15) is 0 Å². The molecule has 0 radical (unpaired) electrons. The average Bonchev–Trinajstić information content (AvgIpc) is 3.03. The summed E-state index contributed by atoms with van der Waals surface area (Å²) < 4.78 is 0. The molecule has 3 aromatic rings. The predicted molar refractivity (Wildman–Crippen MR) is 117 cm³/mol. The number of aromatic nitrogens is 2. The summed E-state index contributed by atoms with van der Waals surface area (Å²) in [5.74, 6) is 2.03. The number of nitrogens with zero attached hydrogens (tertiary/aromatic N) is 2. The normalized spacial score (nSPS) is 17.9. The van der Waals surface area contributed by atoms with E-state index in [0.29, 0.717) is 0 Å². The molecule has 0 unspecified atom stereocenters. The smallest absolute Gasteiger partial charge is 0.138 e. The van der Waals surface area contributed by atoms with Gasteiger partial charge < -0.3 is 9.88 Å². The van der Waals surface area contributed by atoms with Gasteiger partial charge in [0.05, 0.1) is 5.52 Å². The Morgan fingerprint density at radius 2 is 1.96 bits per heavy atom. The molecule has 0 atom stereocenters. The van der Waals surface area contributed by atoms with E-state index in [1.54, 1.807) is 16.7 Å². The van der Waals surface area contributed by atoms with E-state index in [1.807, 2.05) is 6.20 Å². The summed E-state index contributed by atoms with van der Waals surface area (Å²) in [5, 5.41) is 1.30. The number of benzene rings is 1. The van der Waals surface area contributed by atoms with Crippen molar-refractivity contribution < 1.29 is 0 Å². The van der Waals surface area contributed by atoms with E-state index in [2.05, 4.69) is 48.0 Å². The summed E-state index contributed by atoms with van der Waals surface area (Å²) in [5.41, 5.74) is 8.50. The first-order valence-electron chi connectivity index (χ1n) is 11.0. The highest BCUT2D eigenvalue weighted by Gasteiger charge is 2.24. The first-order chi connectivity index (χ1) is 13.7. The summed E-state index contributed by atoms with van der Waals surface area (Å²) in [4.78, 5) is 10.9. The summed E-state index contributed by atoms with van der Waals surface area (Å²) >= 11 is 0. The third kappa shape index (κ3) is 3.11. The molecular weight excluding hydrogens is 342 g/mol. The molecule has 1 fully saturated rings. The molecule has 1 aliphatic heterocycles. The number of aryl methyl sites for hydroxylation is 2. The Kier molecular flexibility index (Phi) is 4.62. The first kappa shape index (κ1) is 17.8. The van der Waals surface area contributed by atoms with Crippen LogP contribution in [0.15, 0.2) is 30.5 Å². The van der Waals surface area contributed by atoms with Crippen molar-refractivity contribution in [1.82, 2.24) is 9.97 Å². The van der Waals surface area contributed by atoms with Crippen molar-refractivity contribution >= 4 is 16.7 Å². The highest BCUT2D eigenvalue weighted by atomic mass is 15.2. The van der Waals surface area contributed by atoms with Crippen LogP contribution < -0.4 is 4.90 Å². The second-order valence-corrected chi connectivity index (χ2v) is 8.87. The molecule has 0 amide bonds. The predicted octanol–water partition coefficient (Wildman–Crippen LogP) is 5.87. The zero-order chi connectivity index (χ0) is 19.1. The Bertz CT molecular complexity index is 994. The van der Waals surface area contributed by atoms with E-state index >= 15 is 0 Å². The van der Waals surface area contributed by atoms with Crippen molar-refractivity contribution in [2.24, 2.45) is 5.92 Å². The van der Waals surface area contributed by atoms with Crippen molar-refractivity contribution in [2.45, 2.75) is 65.3 Å². The fraction of sp³-hybridized carbons (Fsp3) is 0.480. The number of hydrogen-bond acceptors (Lipinski definition) is 2. The Morgan fingerprint density at radius 3 is 2.82 bits per heavy atom. The fourth-order valence-electron chi connectivity index (χ4n) is 5.37. The molecule has 2 aliphatic rings. The summed E-state index contributed by atoms with van der Waals surface area (Å²) in [6.07, 6.45) is 11.4. The van der Waals surface area contributed by atoms with Crippen LogP contribution in [0.25, 0.3) is 10.9 Å². The molecule has 1 N–H and O–H groups in total. The molecule has 28 heavy (non-hydrogen) atoms. The highest BCUT2D eigenvalue weighted by molar-refractivity contribution is 5.94. The molecule has 0 saturated heterocycles. The molecule has 5 rings (SSSR count). The van der Waals surface area contributed by atoms with Gasteiger partial charge in [0.1, 0.15) is 5.82 Å². The van der Waals surface area contributed by atoms with Gasteiger partial charge in [0.25, 0.3) is 0 Å². The monoisotopic (exact) mass is 373 g/mol. The lowest BCUT2D eigenvalue weighted by molar-refractivity contribution is 0.356. The summed E-state index contributed by atoms with van der Waals surface area (Å²) in [6, 6.07) is 9.11. The van der Waals surface area contributed by atoms with Gasteiger partial charge in [0.15, 0.2) is 0 Å². The van der Waals surface area contributed by atoms with Crippen LogP contribution in [0.5, 0.6) is 0 Å². The molecule has 146 valence electrons. The number of pyridine rings is 1. The molecule has 3 heteroatoms. The Labute approximate surface area is 168 Å². The zero-order valence-corrected chi connectivity index (χ0v) is 17.2. The van der Waals surface area contributed by atoms with Gasteiger partial charge in [-0.15, -0.1) is 0 Å². The maximum atomic E-state index is 4.83. The lowest BCUT2D eigenvalue weighted by Crippen LogP contribution is -2.32. The van der Waals surface area contributed by atoms with Gasteiger partial charge >= 0.3 is 0 Å². The third-order valence-electron chi connectivity index (χ3n) is 7.09. The van der Waals surface area contributed by atoms with E-state index in [-0.39, 0.29) is 0 Å². The van der Waals surface area contributed by atoms with Crippen LogP contribution in [-0.2, 0) is 19.4 Å². The van der Waals surface area contributed by atoms with Crippen LogP contribution in [0, 0.1) is 19.8 Å². The molecule has 1 aliphatic carbocycles. The minimum Gasteiger partial charge on any atom is -0.358 e. The van der Waals surface area contributed by atoms with E-state index in [9.17, 15) is 0 Å².